The lowest BCUT2D eigenvalue weighted by atomic mass is 10.2. The SMILES string of the molecule is CC(C)c1nc2ccc(C(=O)NCCCN3CCN(c4cccc(Cl)c4)CC3)cc2o1. The molecule has 4 rings (SSSR count). The number of hydrogen-bond acceptors (Lipinski definition) is 5. The van der Waals surface area contributed by atoms with Gasteiger partial charge in [-0.1, -0.05) is 31.5 Å². The fraction of sp³-hybridized carbons (Fsp3) is 0.417. The number of piperazine rings is 1. The Hall–Kier alpha value is -2.57. The average Bonchev–Trinajstić information content (AvgIpc) is 3.21. The molecule has 3 aromatic rings. The van der Waals surface area contributed by atoms with Crippen molar-refractivity contribution in [3.8, 4) is 0 Å². The van der Waals surface area contributed by atoms with E-state index in [4.69, 9.17) is 16.0 Å². The molecule has 1 aromatic heterocycles. The van der Waals surface area contributed by atoms with E-state index in [9.17, 15) is 4.79 Å². The Kier molecular flexibility index (Phi) is 6.78. The van der Waals surface area contributed by atoms with Gasteiger partial charge in [-0.3, -0.25) is 9.69 Å². The summed E-state index contributed by atoms with van der Waals surface area (Å²) in [6.07, 6.45) is 0.922. The summed E-state index contributed by atoms with van der Waals surface area (Å²) in [5.74, 6) is 0.843. The third-order valence-corrected chi connectivity index (χ3v) is 5.88. The van der Waals surface area contributed by atoms with Gasteiger partial charge in [0.1, 0.15) is 5.52 Å². The molecule has 1 fully saturated rings. The van der Waals surface area contributed by atoms with Crippen LogP contribution in [0.2, 0.25) is 5.02 Å². The number of anilines is 1. The first-order chi connectivity index (χ1) is 15.0. The van der Waals surface area contributed by atoms with Gasteiger partial charge >= 0.3 is 0 Å². The van der Waals surface area contributed by atoms with Gasteiger partial charge in [-0.2, -0.15) is 0 Å². The number of nitrogens with zero attached hydrogens (tertiary/aromatic N) is 3. The molecule has 0 spiro atoms. The van der Waals surface area contributed by atoms with Crippen LogP contribution in [0.25, 0.3) is 11.1 Å². The summed E-state index contributed by atoms with van der Waals surface area (Å²) < 4.78 is 5.76. The predicted molar refractivity (Wildman–Crippen MR) is 125 cm³/mol. The molecular formula is C24H29ClN4O2. The highest BCUT2D eigenvalue weighted by atomic mass is 35.5. The Morgan fingerprint density at radius 1 is 1.16 bits per heavy atom. The standard InChI is InChI=1S/C24H29ClN4O2/c1-17(2)24-27-21-8-7-18(15-22(21)31-24)23(30)26-9-4-10-28-11-13-29(14-12-28)20-6-3-5-19(25)16-20/h3,5-8,15-17H,4,9-14H2,1-2H3,(H,26,30). The zero-order valence-electron chi connectivity index (χ0n) is 18.1. The van der Waals surface area contributed by atoms with E-state index in [1.807, 2.05) is 38.1 Å². The number of carbonyl (C=O) groups excluding carboxylic acids is 1. The van der Waals surface area contributed by atoms with Crippen LogP contribution in [-0.2, 0) is 0 Å². The Bertz CT molecular complexity index is 1040. The van der Waals surface area contributed by atoms with E-state index >= 15 is 0 Å². The number of benzene rings is 2. The summed E-state index contributed by atoms with van der Waals surface area (Å²) in [6.45, 7) is 9.71. The maximum atomic E-state index is 12.5. The van der Waals surface area contributed by atoms with E-state index in [2.05, 4.69) is 26.2 Å². The molecule has 1 aliphatic rings. The van der Waals surface area contributed by atoms with Gasteiger partial charge in [0.15, 0.2) is 11.5 Å². The molecule has 0 atom stereocenters. The van der Waals surface area contributed by atoms with Crippen molar-refractivity contribution in [3.05, 3.63) is 58.9 Å². The van der Waals surface area contributed by atoms with Crippen LogP contribution in [-0.4, -0.2) is 55.1 Å². The largest absolute Gasteiger partial charge is 0.440 e. The number of hydrogen-bond donors (Lipinski definition) is 1. The minimum Gasteiger partial charge on any atom is -0.440 e. The Morgan fingerprint density at radius 3 is 2.71 bits per heavy atom. The highest BCUT2D eigenvalue weighted by Gasteiger charge is 2.17. The van der Waals surface area contributed by atoms with Gasteiger partial charge in [0.2, 0.25) is 0 Å². The maximum absolute atomic E-state index is 12.5. The second-order valence-corrected chi connectivity index (χ2v) is 8.74. The van der Waals surface area contributed by atoms with Crippen molar-refractivity contribution in [2.24, 2.45) is 0 Å². The van der Waals surface area contributed by atoms with Gasteiger partial charge in [0.05, 0.1) is 0 Å². The average molecular weight is 441 g/mol. The van der Waals surface area contributed by atoms with Gasteiger partial charge in [-0.15, -0.1) is 0 Å². The second-order valence-electron chi connectivity index (χ2n) is 8.31. The summed E-state index contributed by atoms with van der Waals surface area (Å²) >= 11 is 6.11. The molecule has 0 aliphatic carbocycles. The van der Waals surface area contributed by atoms with Crippen molar-refractivity contribution in [3.63, 3.8) is 0 Å². The highest BCUT2D eigenvalue weighted by molar-refractivity contribution is 6.30. The highest BCUT2D eigenvalue weighted by Crippen LogP contribution is 2.22. The number of carbonyl (C=O) groups is 1. The summed E-state index contributed by atoms with van der Waals surface area (Å²) in [5.41, 5.74) is 3.24. The van der Waals surface area contributed by atoms with Crippen LogP contribution >= 0.6 is 11.6 Å². The Morgan fingerprint density at radius 2 is 1.97 bits per heavy atom. The van der Waals surface area contributed by atoms with Crippen molar-refractivity contribution in [2.45, 2.75) is 26.2 Å². The molecule has 2 aromatic carbocycles. The molecule has 164 valence electrons. The second kappa shape index (κ2) is 9.71. The van der Waals surface area contributed by atoms with E-state index in [-0.39, 0.29) is 11.8 Å². The first-order valence-electron chi connectivity index (χ1n) is 10.9. The van der Waals surface area contributed by atoms with Crippen LogP contribution in [0.15, 0.2) is 46.9 Å². The topological polar surface area (TPSA) is 61.6 Å². The van der Waals surface area contributed by atoms with Crippen molar-refractivity contribution in [1.82, 2.24) is 15.2 Å². The molecule has 2 heterocycles. The van der Waals surface area contributed by atoms with Gasteiger partial charge in [-0.05, 0) is 49.4 Å². The summed E-state index contributed by atoms with van der Waals surface area (Å²) in [7, 11) is 0. The third kappa shape index (κ3) is 5.38. The lowest BCUT2D eigenvalue weighted by Crippen LogP contribution is -2.47. The number of rotatable bonds is 7. The van der Waals surface area contributed by atoms with Crippen molar-refractivity contribution >= 4 is 34.3 Å². The fourth-order valence-electron chi connectivity index (χ4n) is 3.84. The molecule has 1 amide bonds. The molecule has 1 aliphatic heterocycles. The van der Waals surface area contributed by atoms with Gasteiger partial charge < -0.3 is 14.6 Å². The molecule has 1 saturated heterocycles. The number of nitrogens with one attached hydrogen (secondary N) is 1. The Balaban J connectivity index is 1.20. The number of halogens is 1. The van der Waals surface area contributed by atoms with Gasteiger partial charge in [-0.25, -0.2) is 4.98 Å². The molecule has 6 nitrogen and oxygen atoms in total. The normalized spacial score (nSPS) is 15.0. The fourth-order valence-corrected chi connectivity index (χ4v) is 4.02. The van der Waals surface area contributed by atoms with Crippen LogP contribution in [0.3, 0.4) is 0 Å². The van der Waals surface area contributed by atoms with E-state index in [0.29, 0.717) is 23.6 Å². The first kappa shape index (κ1) is 21.7. The molecule has 1 N–H and O–H groups in total. The van der Waals surface area contributed by atoms with Crippen molar-refractivity contribution < 1.29 is 9.21 Å². The first-order valence-corrected chi connectivity index (χ1v) is 11.3. The van der Waals surface area contributed by atoms with Gasteiger partial charge in [0, 0.05) is 54.9 Å². The van der Waals surface area contributed by atoms with Crippen LogP contribution in [0, 0.1) is 0 Å². The molecule has 0 bridgehead atoms. The van der Waals surface area contributed by atoms with Crippen LogP contribution < -0.4 is 10.2 Å². The number of oxazole rings is 1. The van der Waals surface area contributed by atoms with Crippen molar-refractivity contribution in [2.75, 3.05) is 44.2 Å². The summed E-state index contributed by atoms with van der Waals surface area (Å²) in [4.78, 5) is 21.8. The maximum Gasteiger partial charge on any atom is 0.251 e. The van der Waals surface area contributed by atoms with E-state index in [1.165, 1.54) is 5.69 Å². The molecule has 0 unspecified atom stereocenters. The minimum atomic E-state index is -0.0739. The monoisotopic (exact) mass is 440 g/mol. The molecule has 0 saturated carbocycles. The number of amides is 1. The minimum absolute atomic E-state index is 0.0739. The van der Waals surface area contributed by atoms with Gasteiger partial charge in [0.25, 0.3) is 5.91 Å². The van der Waals surface area contributed by atoms with Crippen LogP contribution in [0.5, 0.6) is 0 Å². The van der Waals surface area contributed by atoms with E-state index in [1.54, 1.807) is 12.1 Å². The summed E-state index contributed by atoms with van der Waals surface area (Å²) in [6, 6.07) is 13.5. The van der Waals surface area contributed by atoms with E-state index < -0.39 is 0 Å². The number of fused-ring (bicyclic) bond motifs is 1. The predicted octanol–water partition coefficient (Wildman–Crippen LogP) is 4.55. The zero-order chi connectivity index (χ0) is 21.8. The lowest BCUT2D eigenvalue weighted by molar-refractivity contribution is 0.0951. The Labute approximate surface area is 188 Å². The zero-order valence-corrected chi connectivity index (χ0v) is 18.9. The number of aromatic nitrogens is 1. The molecular weight excluding hydrogens is 412 g/mol. The summed E-state index contributed by atoms with van der Waals surface area (Å²) in [5, 5.41) is 3.80. The molecule has 0 radical (unpaired) electrons. The van der Waals surface area contributed by atoms with Crippen molar-refractivity contribution in [1.29, 1.82) is 0 Å². The third-order valence-electron chi connectivity index (χ3n) is 5.64. The molecule has 7 heteroatoms. The quantitative estimate of drug-likeness (QED) is 0.546. The van der Waals surface area contributed by atoms with Crippen LogP contribution in [0.4, 0.5) is 5.69 Å². The smallest absolute Gasteiger partial charge is 0.251 e. The van der Waals surface area contributed by atoms with Crippen LogP contribution in [0.1, 0.15) is 42.4 Å². The van der Waals surface area contributed by atoms with E-state index in [0.717, 1.165) is 49.7 Å². The lowest BCUT2D eigenvalue weighted by Gasteiger charge is -2.36. The molecule has 31 heavy (non-hydrogen) atoms.